The van der Waals surface area contributed by atoms with Crippen LogP contribution >= 0.6 is 0 Å². The number of carbonyl (C=O) groups is 2. The summed E-state index contributed by atoms with van der Waals surface area (Å²) in [5.41, 5.74) is 4.72. The van der Waals surface area contributed by atoms with E-state index in [9.17, 15) is 9.59 Å². The van der Waals surface area contributed by atoms with Gasteiger partial charge in [0.2, 0.25) is 5.91 Å². The van der Waals surface area contributed by atoms with Crippen molar-refractivity contribution in [3.63, 3.8) is 0 Å². The van der Waals surface area contributed by atoms with Crippen molar-refractivity contribution in [2.24, 2.45) is 11.1 Å². The summed E-state index contributed by atoms with van der Waals surface area (Å²) in [4.78, 5) is 20.0. The molecule has 0 saturated carbocycles. The SMILES string of the molecule is C/C=C/C(=O)O.CCC(C)(C)C(N)=O.N. The van der Waals surface area contributed by atoms with Gasteiger partial charge in [0.1, 0.15) is 0 Å². The lowest BCUT2D eigenvalue weighted by Crippen LogP contribution is -2.30. The molecule has 0 aromatic heterocycles. The molecule has 5 heteroatoms. The maximum absolute atomic E-state index is 10.5. The topological polar surface area (TPSA) is 115 Å². The van der Waals surface area contributed by atoms with Crippen molar-refractivity contribution in [1.82, 2.24) is 6.15 Å². The maximum atomic E-state index is 10.5. The molecule has 0 saturated heterocycles. The molecule has 5 nitrogen and oxygen atoms in total. The second-order valence-corrected chi connectivity index (χ2v) is 3.44. The zero-order valence-electron chi connectivity index (χ0n) is 9.91. The molecule has 0 heterocycles. The molecule has 15 heavy (non-hydrogen) atoms. The highest BCUT2D eigenvalue weighted by molar-refractivity contribution is 5.79. The number of nitrogens with two attached hydrogens (primary N) is 1. The number of carboxylic acids is 1. The van der Waals surface area contributed by atoms with Gasteiger partial charge in [0, 0.05) is 11.5 Å². The molecule has 0 radical (unpaired) electrons. The summed E-state index contributed by atoms with van der Waals surface area (Å²) >= 11 is 0. The minimum absolute atomic E-state index is 0. The number of allylic oxidation sites excluding steroid dienone is 1. The van der Waals surface area contributed by atoms with Crippen LogP contribution in [-0.4, -0.2) is 17.0 Å². The predicted octanol–water partition coefficient (Wildman–Crippen LogP) is 1.72. The molecular formula is C10H22N2O3. The smallest absolute Gasteiger partial charge is 0.327 e. The van der Waals surface area contributed by atoms with Gasteiger partial charge in [-0.25, -0.2) is 4.79 Å². The molecule has 0 aliphatic carbocycles. The van der Waals surface area contributed by atoms with Crippen molar-refractivity contribution >= 4 is 11.9 Å². The number of carbonyl (C=O) groups excluding carboxylic acids is 1. The molecule has 0 spiro atoms. The van der Waals surface area contributed by atoms with E-state index in [0.717, 1.165) is 12.5 Å². The standard InChI is InChI=1S/C6H13NO.C4H6O2.H3N/c1-4-6(2,3)5(7)8;1-2-3-4(5)6;/h4H2,1-3H3,(H2,7,8);2-3H,1H3,(H,5,6);1H3/b;3-2+;. The van der Waals surface area contributed by atoms with Crippen molar-refractivity contribution in [1.29, 1.82) is 0 Å². The van der Waals surface area contributed by atoms with Gasteiger partial charge in [0.25, 0.3) is 0 Å². The van der Waals surface area contributed by atoms with Crippen molar-refractivity contribution in [3.05, 3.63) is 12.2 Å². The van der Waals surface area contributed by atoms with Gasteiger partial charge in [-0.15, -0.1) is 0 Å². The van der Waals surface area contributed by atoms with E-state index in [4.69, 9.17) is 10.8 Å². The van der Waals surface area contributed by atoms with Crippen LogP contribution in [0.2, 0.25) is 0 Å². The first-order valence-electron chi connectivity index (χ1n) is 4.43. The lowest BCUT2D eigenvalue weighted by Gasteiger charge is -2.16. The van der Waals surface area contributed by atoms with E-state index in [1.54, 1.807) is 6.92 Å². The minimum atomic E-state index is -0.891. The molecule has 0 fully saturated rings. The van der Waals surface area contributed by atoms with Crippen LogP contribution in [-0.2, 0) is 9.59 Å². The Morgan fingerprint density at radius 2 is 1.80 bits per heavy atom. The van der Waals surface area contributed by atoms with E-state index < -0.39 is 5.97 Å². The quantitative estimate of drug-likeness (QED) is 0.625. The molecule has 0 unspecified atom stereocenters. The highest BCUT2D eigenvalue weighted by Gasteiger charge is 2.21. The number of primary amides is 1. The van der Waals surface area contributed by atoms with Gasteiger partial charge >= 0.3 is 5.97 Å². The van der Waals surface area contributed by atoms with Crippen LogP contribution < -0.4 is 11.9 Å². The molecule has 0 atom stereocenters. The zero-order chi connectivity index (χ0) is 11.8. The highest BCUT2D eigenvalue weighted by Crippen LogP contribution is 2.17. The number of hydrogen-bond acceptors (Lipinski definition) is 3. The highest BCUT2D eigenvalue weighted by atomic mass is 16.4. The maximum Gasteiger partial charge on any atom is 0.327 e. The van der Waals surface area contributed by atoms with E-state index in [0.29, 0.717) is 0 Å². The summed E-state index contributed by atoms with van der Waals surface area (Å²) in [6.45, 7) is 7.30. The summed E-state index contributed by atoms with van der Waals surface area (Å²) < 4.78 is 0. The third-order valence-electron chi connectivity index (χ3n) is 1.86. The van der Waals surface area contributed by atoms with Crippen LogP contribution in [0.5, 0.6) is 0 Å². The predicted molar refractivity (Wildman–Crippen MR) is 60.7 cm³/mol. The molecule has 0 aromatic rings. The summed E-state index contributed by atoms with van der Waals surface area (Å²) in [6.07, 6.45) is 3.37. The first kappa shape index (κ1) is 19.2. The first-order valence-corrected chi connectivity index (χ1v) is 4.43. The molecule has 0 aliphatic rings. The number of amides is 1. The Labute approximate surface area is 90.9 Å². The fourth-order valence-electron chi connectivity index (χ4n) is 0.317. The van der Waals surface area contributed by atoms with Crippen LogP contribution in [0.4, 0.5) is 0 Å². The Morgan fingerprint density at radius 3 is 1.80 bits per heavy atom. The van der Waals surface area contributed by atoms with Gasteiger partial charge in [-0.05, 0) is 13.3 Å². The van der Waals surface area contributed by atoms with Crippen molar-refractivity contribution in [3.8, 4) is 0 Å². The van der Waals surface area contributed by atoms with Gasteiger partial charge in [0.15, 0.2) is 0 Å². The van der Waals surface area contributed by atoms with Gasteiger partial charge in [-0.1, -0.05) is 26.8 Å². The molecule has 0 bridgehead atoms. The van der Waals surface area contributed by atoms with Crippen molar-refractivity contribution in [2.45, 2.75) is 34.1 Å². The molecular weight excluding hydrogens is 196 g/mol. The summed E-state index contributed by atoms with van der Waals surface area (Å²) in [5.74, 6) is -1.11. The summed E-state index contributed by atoms with van der Waals surface area (Å²) in [5, 5.41) is 7.83. The Morgan fingerprint density at radius 1 is 1.40 bits per heavy atom. The fraction of sp³-hybridized carbons (Fsp3) is 0.600. The van der Waals surface area contributed by atoms with Crippen molar-refractivity contribution < 1.29 is 14.7 Å². The Kier molecular flexibility index (Phi) is 11.8. The normalized spacial score (nSPS) is 9.87. The zero-order valence-corrected chi connectivity index (χ0v) is 9.91. The first-order chi connectivity index (χ1) is 6.27. The average Bonchev–Trinajstić information content (AvgIpc) is 2.05. The van der Waals surface area contributed by atoms with E-state index in [1.807, 2.05) is 20.8 Å². The molecule has 0 aromatic carbocycles. The Hall–Kier alpha value is -1.36. The molecule has 6 N–H and O–H groups in total. The van der Waals surface area contributed by atoms with Gasteiger partial charge in [0.05, 0.1) is 0 Å². The molecule has 1 amide bonds. The van der Waals surface area contributed by atoms with E-state index in [1.165, 1.54) is 6.08 Å². The largest absolute Gasteiger partial charge is 0.478 e. The lowest BCUT2D eigenvalue weighted by molar-refractivity contribution is -0.131. The second-order valence-electron chi connectivity index (χ2n) is 3.44. The van der Waals surface area contributed by atoms with Gasteiger partial charge in [-0.3, -0.25) is 4.79 Å². The molecule has 0 rings (SSSR count). The summed E-state index contributed by atoms with van der Waals surface area (Å²) in [6, 6.07) is 0. The van der Waals surface area contributed by atoms with Crippen LogP contribution in [0.25, 0.3) is 0 Å². The van der Waals surface area contributed by atoms with E-state index >= 15 is 0 Å². The molecule has 0 aliphatic heterocycles. The number of rotatable bonds is 3. The number of aliphatic carboxylic acids is 1. The van der Waals surface area contributed by atoms with Gasteiger partial charge < -0.3 is 17.0 Å². The van der Waals surface area contributed by atoms with Crippen LogP contribution in [0.15, 0.2) is 12.2 Å². The minimum Gasteiger partial charge on any atom is -0.478 e. The molecule has 90 valence electrons. The van der Waals surface area contributed by atoms with E-state index in [2.05, 4.69) is 0 Å². The van der Waals surface area contributed by atoms with Crippen LogP contribution in [0, 0.1) is 5.41 Å². The lowest BCUT2D eigenvalue weighted by atomic mass is 9.90. The van der Waals surface area contributed by atoms with E-state index in [-0.39, 0.29) is 17.5 Å². The number of carboxylic acid groups (broad SMARTS) is 1. The third kappa shape index (κ3) is 12.6. The third-order valence-corrected chi connectivity index (χ3v) is 1.86. The monoisotopic (exact) mass is 218 g/mol. The average molecular weight is 218 g/mol. The van der Waals surface area contributed by atoms with Gasteiger partial charge in [-0.2, -0.15) is 0 Å². The summed E-state index contributed by atoms with van der Waals surface area (Å²) in [7, 11) is 0. The van der Waals surface area contributed by atoms with Crippen molar-refractivity contribution in [2.75, 3.05) is 0 Å². The fourth-order valence-corrected chi connectivity index (χ4v) is 0.317. The Bertz CT molecular complexity index is 223. The second kappa shape index (κ2) is 9.21. The van der Waals surface area contributed by atoms with Crippen LogP contribution in [0.3, 0.4) is 0 Å². The number of hydrogen-bond donors (Lipinski definition) is 3. The Balaban J connectivity index is -0.000000187. The van der Waals surface area contributed by atoms with Crippen LogP contribution in [0.1, 0.15) is 34.1 Å².